The summed E-state index contributed by atoms with van der Waals surface area (Å²) < 4.78 is 6.84. The Hall–Kier alpha value is -2.37. The lowest BCUT2D eigenvalue weighted by molar-refractivity contribution is 0.0521. The zero-order valence-corrected chi connectivity index (χ0v) is 12.5. The fourth-order valence-corrected chi connectivity index (χ4v) is 2.28. The number of nitrogens with two attached hydrogens (primary N) is 1. The van der Waals surface area contributed by atoms with Crippen LogP contribution in [0.1, 0.15) is 48.8 Å². The van der Waals surface area contributed by atoms with Gasteiger partial charge in [0, 0.05) is 12.6 Å². The molecule has 0 aliphatic rings. The van der Waals surface area contributed by atoms with E-state index in [0.717, 1.165) is 11.5 Å². The predicted molar refractivity (Wildman–Crippen MR) is 80.0 cm³/mol. The maximum atomic E-state index is 11.9. The summed E-state index contributed by atoms with van der Waals surface area (Å²) >= 11 is 0. The van der Waals surface area contributed by atoms with Gasteiger partial charge in [0.15, 0.2) is 5.69 Å². The molecule has 2 aromatic heterocycles. The van der Waals surface area contributed by atoms with Crippen molar-refractivity contribution < 1.29 is 9.53 Å². The highest BCUT2D eigenvalue weighted by atomic mass is 16.5. The molecule has 0 saturated carbocycles. The van der Waals surface area contributed by atoms with E-state index in [9.17, 15) is 4.79 Å². The number of carbonyl (C=O) groups excluding carboxylic acids is 1. The van der Waals surface area contributed by atoms with E-state index in [0.29, 0.717) is 18.8 Å². The molecule has 2 aromatic rings. The normalized spacial score (nSPS) is 12.1. The van der Waals surface area contributed by atoms with Crippen molar-refractivity contribution in [1.82, 2.24) is 14.5 Å². The molecule has 2 rings (SSSR count). The van der Waals surface area contributed by atoms with Gasteiger partial charge in [0.1, 0.15) is 11.6 Å². The second kappa shape index (κ2) is 6.39. The monoisotopic (exact) mass is 288 g/mol. The van der Waals surface area contributed by atoms with Gasteiger partial charge in [0.05, 0.1) is 18.3 Å². The van der Waals surface area contributed by atoms with Crippen molar-refractivity contribution in [3.63, 3.8) is 0 Å². The third-order valence-electron chi connectivity index (χ3n) is 3.31. The Morgan fingerprint density at radius 2 is 2.19 bits per heavy atom. The largest absolute Gasteiger partial charge is 0.461 e. The molecule has 2 N–H and O–H groups in total. The number of ether oxygens (including phenoxy) is 1. The number of esters is 1. The number of hydrogen-bond donors (Lipinski definition) is 1. The van der Waals surface area contributed by atoms with Crippen LogP contribution in [0.25, 0.3) is 0 Å². The van der Waals surface area contributed by atoms with Crippen molar-refractivity contribution in [3.05, 3.63) is 41.6 Å². The Bertz CT molecular complexity index is 622. The molecule has 0 aromatic carbocycles. The minimum absolute atomic E-state index is 0.100. The first kappa shape index (κ1) is 15.0. The number of aromatic nitrogens is 3. The van der Waals surface area contributed by atoms with E-state index in [1.54, 1.807) is 13.1 Å². The zero-order valence-electron chi connectivity index (χ0n) is 12.5. The van der Waals surface area contributed by atoms with Gasteiger partial charge < -0.3 is 15.0 Å². The van der Waals surface area contributed by atoms with Gasteiger partial charge in [-0.05, 0) is 26.0 Å². The summed E-state index contributed by atoms with van der Waals surface area (Å²) in [6, 6.07) is 5.60. The van der Waals surface area contributed by atoms with Gasteiger partial charge in [0.25, 0.3) is 0 Å². The Balaban J connectivity index is 2.46. The second-order valence-electron chi connectivity index (χ2n) is 4.64. The lowest BCUT2D eigenvalue weighted by atomic mass is 10.2. The second-order valence-corrected chi connectivity index (χ2v) is 4.64. The van der Waals surface area contributed by atoms with Crippen LogP contribution in [0.4, 0.5) is 5.82 Å². The van der Waals surface area contributed by atoms with E-state index >= 15 is 0 Å². The van der Waals surface area contributed by atoms with E-state index in [-0.39, 0.29) is 11.7 Å². The Kier molecular flexibility index (Phi) is 4.57. The van der Waals surface area contributed by atoms with Crippen molar-refractivity contribution in [1.29, 1.82) is 0 Å². The number of rotatable bonds is 5. The lowest BCUT2D eigenvalue weighted by Crippen LogP contribution is -2.15. The highest BCUT2D eigenvalue weighted by molar-refractivity contribution is 5.92. The van der Waals surface area contributed by atoms with Crippen molar-refractivity contribution in [2.75, 3.05) is 12.3 Å². The van der Waals surface area contributed by atoms with Gasteiger partial charge in [-0.3, -0.25) is 4.98 Å². The molecule has 0 radical (unpaired) electrons. The van der Waals surface area contributed by atoms with Crippen molar-refractivity contribution in [2.45, 2.75) is 33.2 Å². The molecule has 0 bridgehead atoms. The number of carbonyl (C=O) groups is 1. The van der Waals surface area contributed by atoms with Crippen LogP contribution < -0.4 is 5.73 Å². The summed E-state index contributed by atoms with van der Waals surface area (Å²) in [4.78, 5) is 20.6. The Morgan fingerprint density at radius 3 is 2.76 bits per heavy atom. The number of aryl methyl sites for hydroxylation is 1. The maximum absolute atomic E-state index is 11.9. The summed E-state index contributed by atoms with van der Waals surface area (Å²) in [5.74, 6) is 0.578. The van der Waals surface area contributed by atoms with Gasteiger partial charge in [-0.1, -0.05) is 13.0 Å². The van der Waals surface area contributed by atoms with Crippen LogP contribution >= 0.6 is 0 Å². The van der Waals surface area contributed by atoms with Gasteiger partial charge in [-0.15, -0.1) is 0 Å². The van der Waals surface area contributed by atoms with Crippen LogP contribution in [0.3, 0.4) is 0 Å². The number of nitrogens with zero attached hydrogens (tertiary/aromatic N) is 3. The molecule has 0 spiro atoms. The van der Waals surface area contributed by atoms with Gasteiger partial charge in [0.2, 0.25) is 0 Å². The zero-order chi connectivity index (χ0) is 15.4. The highest BCUT2D eigenvalue weighted by Crippen LogP contribution is 2.25. The SMILES string of the molecule is CCOC(=O)c1nc(CC)n(C(C)c2ccccn2)c1N. The van der Waals surface area contributed by atoms with E-state index in [1.165, 1.54) is 0 Å². The summed E-state index contributed by atoms with van der Waals surface area (Å²) in [6.45, 7) is 6.00. The average Bonchev–Trinajstić information content (AvgIpc) is 2.84. The van der Waals surface area contributed by atoms with Crippen LogP contribution in [0.15, 0.2) is 24.4 Å². The number of hydrogen-bond acceptors (Lipinski definition) is 5. The first-order valence-electron chi connectivity index (χ1n) is 7.04. The molecule has 0 saturated heterocycles. The molecule has 0 amide bonds. The fourth-order valence-electron chi connectivity index (χ4n) is 2.28. The van der Waals surface area contributed by atoms with E-state index in [2.05, 4.69) is 9.97 Å². The van der Waals surface area contributed by atoms with Crippen LogP contribution in [-0.4, -0.2) is 27.1 Å². The van der Waals surface area contributed by atoms with Crippen molar-refractivity contribution >= 4 is 11.8 Å². The molecule has 112 valence electrons. The predicted octanol–water partition coefficient (Wildman–Crippen LogP) is 2.21. The molecule has 0 fully saturated rings. The molecule has 0 aliphatic heterocycles. The van der Waals surface area contributed by atoms with Crippen LogP contribution in [-0.2, 0) is 11.2 Å². The van der Waals surface area contributed by atoms with Gasteiger partial charge in [-0.2, -0.15) is 0 Å². The number of nitrogen functional groups attached to an aromatic ring is 1. The quantitative estimate of drug-likeness (QED) is 0.853. The molecule has 2 heterocycles. The molecule has 6 nitrogen and oxygen atoms in total. The maximum Gasteiger partial charge on any atom is 0.360 e. The lowest BCUT2D eigenvalue weighted by Gasteiger charge is -2.17. The molecule has 6 heteroatoms. The number of anilines is 1. The Labute approximate surface area is 124 Å². The third-order valence-corrected chi connectivity index (χ3v) is 3.31. The summed E-state index contributed by atoms with van der Waals surface area (Å²) in [6.07, 6.45) is 2.40. The number of imidazole rings is 1. The first-order chi connectivity index (χ1) is 10.1. The van der Waals surface area contributed by atoms with E-state index in [1.807, 2.05) is 36.6 Å². The molecule has 1 atom stereocenters. The first-order valence-corrected chi connectivity index (χ1v) is 7.04. The van der Waals surface area contributed by atoms with Crippen LogP contribution in [0.5, 0.6) is 0 Å². The summed E-state index contributed by atoms with van der Waals surface area (Å²) in [5, 5.41) is 0. The highest BCUT2D eigenvalue weighted by Gasteiger charge is 2.24. The average molecular weight is 288 g/mol. The molecule has 21 heavy (non-hydrogen) atoms. The Morgan fingerprint density at radius 1 is 1.43 bits per heavy atom. The summed E-state index contributed by atoms with van der Waals surface area (Å²) in [5.41, 5.74) is 7.17. The van der Waals surface area contributed by atoms with E-state index in [4.69, 9.17) is 10.5 Å². The smallest absolute Gasteiger partial charge is 0.360 e. The molecular formula is C15H20N4O2. The standard InChI is InChI=1S/C15H20N4O2/c1-4-12-18-13(15(20)21-5-2)14(16)19(12)10(3)11-8-6-7-9-17-11/h6-10H,4-5,16H2,1-3H3. The molecule has 0 aliphatic carbocycles. The van der Waals surface area contributed by atoms with E-state index < -0.39 is 5.97 Å². The minimum Gasteiger partial charge on any atom is -0.461 e. The molecular weight excluding hydrogens is 268 g/mol. The van der Waals surface area contributed by atoms with Crippen molar-refractivity contribution in [2.24, 2.45) is 0 Å². The van der Waals surface area contributed by atoms with Gasteiger partial charge >= 0.3 is 5.97 Å². The van der Waals surface area contributed by atoms with Crippen LogP contribution in [0, 0.1) is 0 Å². The fraction of sp³-hybridized carbons (Fsp3) is 0.400. The molecule has 1 unspecified atom stereocenters. The minimum atomic E-state index is -0.489. The van der Waals surface area contributed by atoms with Crippen molar-refractivity contribution in [3.8, 4) is 0 Å². The third kappa shape index (κ3) is 2.89. The van der Waals surface area contributed by atoms with Gasteiger partial charge in [-0.25, -0.2) is 9.78 Å². The summed E-state index contributed by atoms with van der Waals surface area (Å²) in [7, 11) is 0. The number of pyridine rings is 1. The van der Waals surface area contributed by atoms with Crippen LogP contribution in [0.2, 0.25) is 0 Å². The topological polar surface area (TPSA) is 83.0 Å².